The number of nitrogens with zero attached hydrogens (tertiary/aromatic N) is 1. The van der Waals surface area contributed by atoms with Crippen LogP contribution in [0.1, 0.15) is 19.8 Å². The Bertz CT molecular complexity index is 157. The Morgan fingerprint density at radius 1 is 1.80 bits per heavy atom. The van der Waals surface area contributed by atoms with Gasteiger partial charge in [-0.1, -0.05) is 0 Å². The Hall–Kier alpha value is -0.310. The van der Waals surface area contributed by atoms with Crippen molar-refractivity contribution in [3.05, 3.63) is 6.42 Å². The summed E-state index contributed by atoms with van der Waals surface area (Å²) in [6.07, 6.45) is 4.18. The van der Waals surface area contributed by atoms with Crippen molar-refractivity contribution in [2.75, 3.05) is 5.75 Å². The minimum Gasteiger partial charge on any atom is -0.273 e. The highest BCUT2D eigenvalue weighted by Gasteiger charge is 2.07. The predicted octanol–water partition coefficient (Wildman–Crippen LogP) is 1.66. The maximum atomic E-state index is 10.5. The topological polar surface area (TPSA) is 29.4 Å². The summed E-state index contributed by atoms with van der Waals surface area (Å²) in [5, 5.41) is 0.971. The molecule has 0 unspecified atom stereocenters. The summed E-state index contributed by atoms with van der Waals surface area (Å²) >= 11 is 1.69. The molecule has 1 aliphatic rings. The Balaban J connectivity index is 2.45. The van der Waals surface area contributed by atoms with Crippen LogP contribution >= 0.6 is 11.8 Å². The molecule has 2 nitrogen and oxygen atoms in total. The van der Waals surface area contributed by atoms with Gasteiger partial charge in [0.05, 0.1) is 5.04 Å². The van der Waals surface area contributed by atoms with Crippen molar-refractivity contribution in [1.29, 1.82) is 0 Å². The van der Waals surface area contributed by atoms with Crippen molar-refractivity contribution in [2.45, 2.75) is 19.8 Å². The molecule has 55 valence electrons. The average Bonchev–Trinajstić information content (AvgIpc) is 1.88. The summed E-state index contributed by atoms with van der Waals surface area (Å²) in [4.78, 5) is 14.3. The van der Waals surface area contributed by atoms with Crippen LogP contribution in [-0.4, -0.2) is 16.7 Å². The summed E-state index contributed by atoms with van der Waals surface area (Å²) < 4.78 is 0. The van der Waals surface area contributed by atoms with Crippen molar-refractivity contribution in [3.8, 4) is 0 Å². The fraction of sp³-hybridized carbons (Fsp3) is 0.571. The van der Waals surface area contributed by atoms with Gasteiger partial charge in [-0.3, -0.25) is 4.79 Å². The molecule has 0 aromatic carbocycles. The van der Waals surface area contributed by atoms with Gasteiger partial charge in [-0.15, -0.1) is 11.8 Å². The first-order valence-corrected chi connectivity index (χ1v) is 4.30. The Morgan fingerprint density at radius 3 is 3.10 bits per heavy atom. The predicted molar refractivity (Wildman–Crippen MR) is 44.1 cm³/mol. The molecule has 1 radical (unpaired) electrons. The number of thioether (sulfide) groups is 1. The van der Waals surface area contributed by atoms with Crippen molar-refractivity contribution in [1.82, 2.24) is 0 Å². The Morgan fingerprint density at radius 2 is 2.60 bits per heavy atom. The third kappa shape index (κ3) is 2.52. The van der Waals surface area contributed by atoms with Crippen LogP contribution in [0.3, 0.4) is 0 Å². The lowest BCUT2D eigenvalue weighted by Gasteiger charge is -2.09. The third-order valence-corrected chi connectivity index (χ3v) is 2.22. The van der Waals surface area contributed by atoms with Crippen LogP contribution in [0.5, 0.6) is 0 Å². The molecule has 0 bridgehead atoms. The summed E-state index contributed by atoms with van der Waals surface area (Å²) in [5.41, 5.74) is 0. The van der Waals surface area contributed by atoms with E-state index in [1.807, 2.05) is 0 Å². The van der Waals surface area contributed by atoms with Gasteiger partial charge in [0, 0.05) is 6.92 Å². The molecule has 1 saturated heterocycles. The molecular weight excluding hydrogens is 146 g/mol. The molecule has 0 aromatic rings. The average molecular weight is 156 g/mol. The zero-order valence-electron chi connectivity index (χ0n) is 5.96. The van der Waals surface area contributed by atoms with Crippen LogP contribution in [0.4, 0.5) is 0 Å². The van der Waals surface area contributed by atoms with Crippen LogP contribution in [0.25, 0.3) is 0 Å². The second kappa shape index (κ2) is 3.76. The largest absolute Gasteiger partial charge is 0.273 e. The van der Waals surface area contributed by atoms with E-state index in [4.69, 9.17) is 0 Å². The molecule has 1 aliphatic heterocycles. The number of aliphatic imine (C=N–C) groups is 1. The van der Waals surface area contributed by atoms with Crippen molar-refractivity contribution < 1.29 is 4.79 Å². The van der Waals surface area contributed by atoms with Gasteiger partial charge in [0.15, 0.2) is 0 Å². The van der Waals surface area contributed by atoms with E-state index < -0.39 is 0 Å². The van der Waals surface area contributed by atoms with Crippen LogP contribution in [0.15, 0.2) is 4.99 Å². The maximum Gasteiger partial charge on any atom is 0.243 e. The smallest absolute Gasteiger partial charge is 0.243 e. The van der Waals surface area contributed by atoms with Gasteiger partial charge in [-0.2, -0.15) is 0 Å². The van der Waals surface area contributed by atoms with E-state index in [1.54, 1.807) is 11.8 Å². The number of rotatable bonds is 0. The normalized spacial score (nSPS) is 23.1. The summed E-state index contributed by atoms with van der Waals surface area (Å²) in [6.45, 7) is 1.49. The Labute approximate surface area is 65.1 Å². The maximum absolute atomic E-state index is 10.5. The molecule has 0 N–H and O–H groups in total. The molecule has 0 atom stereocenters. The lowest BCUT2D eigenvalue weighted by atomic mass is 10.2. The van der Waals surface area contributed by atoms with Gasteiger partial charge in [0.1, 0.15) is 0 Å². The molecule has 0 aromatic heterocycles. The molecule has 1 heterocycles. The minimum atomic E-state index is -0.0854. The monoisotopic (exact) mass is 156 g/mol. The van der Waals surface area contributed by atoms with Gasteiger partial charge in [0.2, 0.25) is 5.91 Å². The summed E-state index contributed by atoms with van der Waals surface area (Å²) in [5.74, 6) is 0.990. The van der Waals surface area contributed by atoms with E-state index in [1.165, 1.54) is 6.92 Å². The molecule has 1 fully saturated rings. The molecule has 3 heteroatoms. The lowest BCUT2D eigenvalue weighted by molar-refractivity contribution is -0.115. The molecule has 1 rings (SSSR count). The molecule has 10 heavy (non-hydrogen) atoms. The standard InChI is InChI=1S/C7H10NOS/c1-6(9)8-7-4-2-3-5-10-7/h2H,3-5H2,1H3/b8-7-. The lowest BCUT2D eigenvalue weighted by Crippen LogP contribution is -2.04. The minimum absolute atomic E-state index is 0.0854. The molecule has 0 saturated carbocycles. The number of carbonyl (C=O) groups excluding carboxylic acids is 1. The second-order valence-corrected chi connectivity index (χ2v) is 3.32. The van der Waals surface area contributed by atoms with Gasteiger partial charge in [-0.05, 0) is 25.0 Å². The van der Waals surface area contributed by atoms with E-state index in [0.29, 0.717) is 0 Å². The fourth-order valence-electron chi connectivity index (χ4n) is 0.798. The van der Waals surface area contributed by atoms with E-state index in [9.17, 15) is 4.79 Å². The molecular formula is C7H10NOS. The first-order chi connectivity index (χ1) is 4.79. The van der Waals surface area contributed by atoms with Gasteiger partial charge < -0.3 is 0 Å². The van der Waals surface area contributed by atoms with Crippen LogP contribution in [0, 0.1) is 6.42 Å². The summed E-state index contributed by atoms with van der Waals surface area (Å²) in [6, 6.07) is 0. The Kier molecular flexibility index (Phi) is 2.93. The van der Waals surface area contributed by atoms with Gasteiger partial charge in [-0.25, -0.2) is 4.99 Å². The SMILES string of the molecule is CC(=O)/N=C1/C[CH]CCS1. The van der Waals surface area contributed by atoms with E-state index in [2.05, 4.69) is 11.4 Å². The number of amides is 1. The highest BCUT2D eigenvalue weighted by Crippen LogP contribution is 2.18. The fourth-order valence-corrected chi connectivity index (χ4v) is 1.75. The molecule has 0 spiro atoms. The van der Waals surface area contributed by atoms with Gasteiger partial charge >= 0.3 is 0 Å². The van der Waals surface area contributed by atoms with Crippen LogP contribution < -0.4 is 0 Å². The van der Waals surface area contributed by atoms with Crippen LogP contribution in [0.2, 0.25) is 0 Å². The molecule has 1 amide bonds. The first kappa shape index (κ1) is 7.79. The third-order valence-electron chi connectivity index (χ3n) is 1.19. The quantitative estimate of drug-likeness (QED) is 0.534. The van der Waals surface area contributed by atoms with Crippen molar-refractivity contribution in [3.63, 3.8) is 0 Å². The second-order valence-electron chi connectivity index (χ2n) is 2.15. The van der Waals surface area contributed by atoms with Crippen molar-refractivity contribution in [2.24, 2.45) is 4.99 Å². The number of hydrogen-bond donors (Lipinski definition) is 0. The zero-order valence-corrected chi connectivity index (χ0v) is 6.78. The number of carbonyl (C=O) groups is 1. The zero-order chi connectivity index (χ0) is 7.40. The van der Waals surface area contributed by atoms with E-state index in [-0.39, 0.29) is 5.91 Å². The van der Waals surface area contributed by atoms with Gasteiger partial charge in [0.25, 0.3) is 0 Å². The summed E-state index contributed by atoms with van der Waals surface area (Å²) in [7, 11) is 0. The van der Waals surface area contributed by atoms with E-state index >= 15 is 0 Å². The molecule has 0 aliphatic carbocycles. The van der Waals surface area contributed by atoms with Crippen LogP contribution in [-0.2, 0) is 4.79 Å². The highest BCUT2D eigenvalue weighted by atomic mass is 32.2. The number of hydrogen-bond acceptors (Lipinski definition) is 2. The van der Waals surface area contributed by atoms with Crippen molar-refractivity contribution >= 4 is 22.7 Å². The van der Waals surface area contributed by atoms with E-state index in [0.717, 1.165) is 23.6 Å². The first-order valence-electron chi connectivity index (χ1n) is 3.31. The highest BCUT2D eigenvalue weighted by molar-refractivity contribution is 8.14.